The summed E-state index contributed by atoms with van der Waals surface area (Å²) in [4.78, 5) is 43.1. The molecule has 5 rings (SSSR count). The molecule has 0 bridgehead atoms. The first-order valence-electron chi connectivity index (χ1n) is 12.8. The first-order chi connectivity index (χ1) is 20.4. The molecular weight excluding hydrogens is 571 g/mol. The summed E-state index contributed by atoms with van der Waals surface area (Å²) in [6, 6.07) is 30.1. The van der Waals surface area contributed by atoms with Crippen molar-refractivity contribution in [2.24, 2.45) is 0 Å². The second-order valence-corrected chi connectivity index (χ2v) is 11.0. The van der Waals surface area contributed by atoms with Gasteiger partial charge in [0.2, 0.25) is 5.91 Å². The van der Waals surface area contributed by atoms with E-state index in [4.69, 9.17) is 4.74 Å². The smallest absolute Gasteiger partial charge is 0.336 e. The maximum absolute atomic E-state index is 13.5. The Morgan fingerprint density at radius 3 is 2.17 bits per heavy atom. The van der Waals surface area contributed by atoms with Crippen molar-refractivity contribution in [2.75, 3.05) is 17.7 Å². The number of carbonyl (C=O) groups is 3. The van der Waals surface area contributed by atoms with Crippen molar-refractivity contribution in [1.29, 1.82) is 0 Å². The van der Waals surface area contributed by atoms with E-state index >= 15 is 0 Å². The van der Waals surface area contributed by atoms with E-state index in [1.807, 2.05) is 60.0 Å². The molecule has 8 nitrogen and oxygen atoms in total. The molecule has 4 aromatic carbocycles. The third-order valence-corrected chi connectivity index (χ3v) is 8.25. The molecule has 210 valence electrons. The van der Waals surface area contributed by atoms with Crippen LogP contribution in [0.2, 0.25) is 0 Å². The molecule has 1 unspecified atom stereocenters. The predicted octanol–water partition coefficient (Wildman–Crippen LogP) is 7.24. The van der Waals surface area contributed by atoms with Gasteiger partial charge in [-0.1, -0.05) is 42.5 Å². The maximum Gasteiger partial charge on any atom is 0.336 e. The summed E-state index contributed by atoms with van der Waals surface area (Å²) < 4.78 is 5.22. The summed E-state index contributed by atoms with van der Waals surface area (Å²) >= 11 is 2.72. The number of benzene rings is 4. The minimum Gasteiger partial charge on any atom is -0.497 e. The molecule has 1 atom stereocenters. The van der Waals surface area contributed by atoms with Gasteiger partial charge >= 0.3 is 5.97 Å². The molecule has 1 heterocycles. The molecule has 3 N–H and O–H groups in total. The molecule has 0 aliphatic carbocycles. The number of carboxylic acid groups (broad SMARTS) is 1. The lowest BCUT2D eigenvalue weighted by atomic mass is 10.1. The van der Waals surface area contributed by atoms with Crippen molar-refractivity contribution in [3.05, 3.63) is 125 Å². The van der Waals surface area contributed by atoms with Crippen LogP contribution in [0.25, 0.3) is 11.3 Å². The van der Waals surface area contributed by atoms with Crippen LogP contribution in [0.5, 0.6) is 5.75 Å². The minimum absolute atomic E-state index is 0.0709. The molecule has 0 saturated heterocycles. The number of methoxy groups -OCH3 is 1. The number of aromatic carboxylic acids is 1. The van der Waals surface area contributed by atoms with Crippen LogP contribution in [-0.4, -0.2) is 35.0 Å². The summed E-state index contributed by atoms with van der Waals surface area (Å²) in [5, 5.41) is 16.9. The van der Waals surface area contributed by atoms with Crippen LogP contribution in [-0.2, 0) is 4.79 Å². The van der Waals surface area contributed by atoms with Crippen molar-refractivity contribution < 1.29 is 24.2 Å². The molecule has 0 spiro atoms. The minimum atomic E-state index is -1.17. The Bertz CT molecular complexity index is 1700. The van der Waals surface area contributed by atoms with E-state index in [0.717, 1.165) is 27.5 Å². The van der Waals surface area contributed by atoms with Crippen LogP contribution in [0.4, 0.5) is 10.8 Å². The van der Waals surface area contributed by atoms with E-state index < -0.39 is 17.1 Å². The number of carboxylic acids is 1. The van der Waals surface area contributed by atoms with Gasteiger partial charge < -0.3 is 20.5 Å². The standard InChI is InChI=1S/C32H25N3O5S2/c1-40-23-15-11-20(12-16-23)27-19-41-32(34-27)35-30(37)28(21-7-3-2-4-8-21)42-24-17-13-22(14-18-24)33-29(36)25-9-5-6-10-26(25)31(38)39/h2-19,28H,1H3,(H,33,36)(H,38,39)(H,34,35,37). The lowest BCUT2D eigenvalue weighted by molar-refractivity contribution is -0.115. The monoisotopic (exact) mass is 595 g/mol. The molecule has 0 saturated carbocycles. The predicted molar refractivity (Wildman–Crippen MR) is 166 cm³/mol. The summed E-state index contributed by atoms with van der Waals surface area (Å²) in [6.45, 7) is 0. The normalized spacial score (nSPS) is 11.4. The van der Waals surface area contributed by atoms with E-state index in [1.54, 1.807) is 43.5 Å². The van der Waals surface area contributed by atoms with Crippen molar-refractivity contribution >= 4 is 51.7 Å². The second-order valence-electron chi connectivity index (χ2n) is 8.99. The molecule has 5 aromatic rings. The molecular formula is C32H25N3O5S2. The quantitative estimate of drug-likeness (QED) is 0.146. The Kier molecular flexibility index (Phi) is 8.96. The van der Waals surface area contributed by atoms with Gasteiger partial charge in [0.25, 0.3) is 5.91 Å². The van der Waals surface area contributed by atoms with Crippen LogP contribution >= 0.6 is 23.1 Å². The Morgan fingerprint density at radius 1 is 0.833 bits per heavy atom. The number of thiazole rings is 1. The number of rotatable bonds is 10. The highest BCUT2D eigenvalue weighted by Gasteiger charge is 2.23. The van der Waals surface area contributed by atoms with Gasteiger partial charge in [-0.05, 0) is 66.2 Å². The lowest BCUT2D eigenvalue weighted by Gasteiger charge is -2.16. The third kappa shape index (κ3) is 6.85. The number of nitrogens with zero attached hydrogens (tertiary/aromatic N) is 1. The fourth-order valence-electron chi connectivity index (χ4n) is 4.12. The number of amides is 2. The summed E-state index contributed by atoms with van der Waals surface area (Å²) in [5.74, 6) is -1.16. The summed E-state index contributed by atoms with van der Waals surface area (Å²) in [5.41, 5.74) is 3.00. The van der Waals surface area contributed by atoms with E-state index in [9.17, 15) is 19.5 Å². The largest absolute Gasteiger partial charge is 0.497 e. The van der Waals surface area contributed by atoms with Gasteiger partial charge in [0.1, 0.15) is 11.0 Å². The molecule has 0 fully saturated rings. The SMILES string of the molecule is COc1ccc(-c2csc(NC(=O)C(Sc3ccc(NC(=O)c4ccccc4C(=O)O)cc3)c3ccccc3)n2)cc1. The van der Waals surface area contributed by atoms with Crippen LogP contribution < -0.4 is 15.4 Å². The first kappa shape index (κ1) is 28.6. The number of thioether (sulfide) groups is 1. The zero-order valence-electron chi connectivity index (χ0n) is 22.3. The van der Waals surface area contributed by atoms with Crippen molar-refractivity contribution in [3.8, 4) is 17.0 Å². The number of anilines is 2. The maximum atomic E-state index is 13.5. The number of nitrogens with one attached hydrogen (secondary N) is 2. The zero-order chi connectivity index (χ0) is 29.5. The molecule has 1 aromatic heterocycles. The first-order valence-corrected chi connectivity index (χ1v) is 14.5. The molecule has 0 aliphatic heterocycles. The highest BCUT2D eigenvalue weighted by atomic mass is 32.2. The number of ether oxygens (including phenoxy) is 1. The summed E-state index contributed by atoms with van der Waals surface area (Å²) in [7, 11) is 1.61. The Balaban J connectivity index is 1.29. The Labute approximate surface area is 250 Å². The molecule has 0 radical (unpaired) electrons. The van der Waals surface area contributed by atoms with E-state index in [2.05, 4.69) is 15.6 Å². The van der Waals surface area contributed by atoms with Gasteiger partial charge in [0.15, 0.2) is 5.13 Å². The molecule has 42 heavy (non-hydrogen) atoms. The van der Waals surface area contributed by atoms with Crippen LogP contribution in [0.3, 0.4) is 0 Å². The van der Waals surface area contributed by atoms with E-state index in [-0.39, 0.29) is 17.0 Å². The fraction of sp³-hybridized carbons (Fsp3) is 0.0625. The van der Waals surface area contributed by atoms with Crippen molar-refractivity contribution in [3.63, 3.8) is 0 Å². The van der Waals surface area contributed by atoms with Gasteiger partial charge in [-0.25, -0.2) is 9.78 Å². The van der Waals surface area contributed by atoms with Gasteiger partial charge in [-0.3, -0.25) is 9.59 Å². The Morgan fingerprint density at radius 2 is 1.50 bits per heavy atom. The summed E-state index contributed by atoms with van der Waals surface area (Å²) in [6.07, 6.45) is 0. The van der Waals surface area contributed by atoms with Crippen LogP contribution in [0.1, 0.15) is 31.5 Å². The van der Waals surface area contributed by atoms with Crippen LogP contribution in [0, 0.1) is 0 Å². The lowest BCUT2D eigenvalue weighted by Crippen LogP contribution is -2.19. The van der Waals surface area contributed by atoms with Gasteiger partial charge in [0.05, 0.1) is 23.9 Å². The van der Waals surface area contributed by atoms with Gasteiger partial charge in [-0.2, -0.15) is 0 Å². The van der Waals surface area contributed by atoms with Crippen molar-refractivity contribution in [2.45, 2.75) is 10.1 Å². The van der Waals surface area contributed by atoms with Gasteiger partial charge in [0, 0.05) is 21.5 Å². The van der Waals surface area contributed by atoms with Gasteiger partial charge in [-0.15, -0.1) is 23.1 Å². The number of hydrogen-bond acceptors (Lipinski definition) is 7. The number of aromatic nitrogens is 1. The van der Waals surface area contributed by atoms with E-state index in [1.165, 1.54) is 35.2 Å². The second kappa shape index (κ2) is 13.2. The molecule has 0 aliphatic rings. The van der Waals surface area contributed by atoms with E-state index in [0.29, 0.717) is 10.8 Å². The topological polar surface area (TPSA) is 118 Å². The molecule has 10 heteroatoms. The fourth-order valence-corrected chi connectivity index (χ4v) is 5.86. The van der Waals surface area contributed by atoms with Crippen LogP contribution in [0.15, 0.2) is 113 Å². The zero-order valence-corrected chi connectivity index (χ0v) is 23.9. The highest BCUT2D eigenvalue weighted by Crippen LogP contribution is 2.37. The highest BCUT2D eigenvalue weighted by molar-refractivity contribution is 8.00. The Hall–Kier alpha value is -4.93. The third-order valence-electron chi connectivity index (χ3n) is 6.23. The average molecular weight is 596 g/mol. The number of carbonyl (C=O) groups excluding carboxylic acids is 2. The molecule has 2 amide bonds. The number of hydrogen-bond donors (Lipinski definition) is 3. The van der Waals surface area contributed by atoms with Crippen molar-refractivity contribution in [1.82, 2.24) is 4.98 Å². The average Bonchev–Trinajstić information content (AvgIpc) is 3.49.